The zero-order valence-corrected chi connectivity index (χ0v) is 23.2. The van der Waals surface area contributed by atoms with Gasteiger partial charge in [0.2, 0.25) is 0 Å². The maximum atomic E-state index is 13.3. The molecule has 0 spiro atoms. The second kappa shape index (κ2) is 14.6. The van der Waals surface area contributed by atoms with Crippen LogP contribution in [0.5, 0.6) is 0 Å². The smallest absolute Gasteiger partial charge is 0.336 e. The summed E-state index contributed by atoms with van der Waals surface area (Å²) < 4.78 is 10.6. The number of benzene rings is 2. The summed E-state index contributed by atoms with van der Waals surface area (Å²) in [5, 5.41) is 20.4. The Hall–Kier alpha value is -3.50. The number of nitro benzene ring substituents is 1. The van der Waals surface area contributed by atoms with E-state index in [2.05, 4.69) is 29.3 Å². The molecule has 2 aromatic rings. The number of allylic oxidation sites excluding steroid dienone is 1. The molecule has 208 valence electrons. The average Bonchev–Trinajstić information content (AvgIpc) is 2.93. The summed E-state index contributed by atoms with van der Waals surface area (Å²) >= 11 is 1.72. The van der Waals surface area contributed by atoms with Gasteiger partial charge in [0.05, 0.1) is 24.2 Å². The highest BCUT2D eigenvalue weighted by atomic mass is 32.2. The Labute approximate surface area is 232 Å². The Bertz CT molecular complexity index is 1240. The van der Waals surface area contributed by atoms with Crippen molar-refractivity contribution < 1.29 is 29.1 Å². The van der Waals surface area contributed by atoms with Crippen molar-refractivity contribution in [2.75, 3.05) is 26.1 Å². The van der Waals surface area contributed by atoms with Gasteiger partial charge in [0.1, 0.15) is 5.92 Å². The van der Waals surface area contributed by atoms with Crippen molar-refractivity contribution in [1.29, 1.82) is 0 Å². The number of methoxy groups -OCH3 is 1. The summed E-state index contributed by atoms with van der Waals surface area (Å²) in [5.41, 5.74) is 2.58. The normalized spacial score (nSPS) is 17.0. The standard InChI is InChI=1S/C29H34N2O7S/c1-19-25(28(33)37-3)27(22-9-6-10-23(18-22)31(35)36)26(20(2)30-19)29(34)38-16-4-5-17-39-24-13-11-21(12-14-24)8-7-15-32/h6,9-14,18,25,27,32H,4-5,7-8,15-17H2,1-3H3. The zero-order chi connectivity index (χ0) is 28.4. The highest BCUT2D eigenvalue weighted by Gasteiger charge is 2.42. The number of nitro groups is 1. The SMILES string of the molecule is COC(=O)C1C(C)=NC(C)=C(C(=O)OCCCCSc2ccc(CCCO)cc2)C1c1cccc([N+](=O)[O-])c1. The molecule has 1 heterocycles. The number of hydrogen-bond acceptors (Lipinski definition) is 9. The molecule has 1 aliphatic heterocycles. The van der Waals surface area contributed by atoms with E-state index in [0.717, 1.165) is 29.9 Å². The third-order valence-corrected chi connectivity index (χ3v) is 7.63. The lowest BCUT2D eigenvalue weighted by atomic mass is 9.75. The summed E-state index contributed by atoms with van der Waals surface area (Å²) in [4.78, 5) is 42.5. The predicted octanol–water partition coefficient (Wildman–Crippen LogP) is 5.26. The van der Waals surface area contributed by atoms with Crippen molar-refractivity contribution in [3.8, 4) is 0 Å². The van der Waals surface area contributed by atoms with E-state index in [-0.39, 0.29) is 24.5 Å². The molecule has 0 fully saturated rings. The Morgan fingerprint density at radius 2 is 1.85 bits per heavy atom. The lowest BCUT2D eigenvalue weighted by molar-refractivity contribution is -0.384. The molecule has 3 rings (SSSR count). The number of ether oxygens (including phenoxy) is 2. The van der Waals surface area contributed by atoms with Gasteiger partial charge >= 0.3 is 11.9 Å². The summed E-state index contributed by atoms with van der Waals surface area (Å²) in [6, 6.07) is 14.2. The van der Waals surface area contributed by atoms with E-state index in [1.54, 1.807) is 31.7 Å². The van der Waals surface area contributed by atoms with Crippen molar-refractivity contribution >= 4 is 35.1 Å². The lowest BCUT2D eigenvalue weighted by Gasteiger charge is -2.31. The molecule has 0 saturated heterocycles. The molecule has 2 atom stereocenters. The maximum absolute atomic E-state index is 13.3. The first-order valence-corrected chi connectivity index (χ1v) is 13.8. The first-order chi connectivity index (χ1) is 18.8. The highest BCUT2D eigenvalue weighted by molar-refractivity contribution is 7.99. The summed E-state index contributed by atoms with van der Waals surface area (Å²) in [7, 11) is 1.26. The van der Waals surface area contributed by atoms with Crippen molar-refractivity contribution in [2.24, 2.45) is 10.9 Å². The van der Waals surface area contributed by atoms with Gasteiger partial charge in [-0.1, -0.05) is 24.3 Å². The molecule has 0 bridgehead atoms. The van der Waals surface area contributed by atoms with Gasteiger partial charge in [-0.3, -0.25) is 19.9 Å². The first kappa shape index (κ1) is 30.0. The monoisotopic (exact) mass is 554 g/mol. The first-order valence-electron chi connectivity index (χ1n) is 12.8. The fourth-order valence-corrected chi connectivity index (χ4v) is 5.51. The van der Waals surface area contributed by atoms with Gasteiger partial charge in [-0.25, -0.2) is 4.79 Å². The quantitative estimate of drug-likeness (QED) is 0.117. The summed E-state index contributed by atoms with van der Waals surface area (Å²) in [5.74, 6) is -2.04. The van der Waals surface area contributed by atoms with Crippen LogP contribution in [-0.4, -0.2) is 53.8 Å². The molecule has 2 aromatic carbocycles. The van der Waals surface area contributed by atoms with Crippen LogP contribution in [0.1, 0.15) is 50.2 Å². The number of aryl methyl sites for hydroxylation is 1. The minimum atomic E-state index is -0.908. The number of carbonyl (C=O) groups is 2. The van der Waals surface area contributed by atoms with E-state index >= 15 is 0 Å². The summed E-state index contributed by atoms with van der Waals surface area (Å²) in [6.07, 6.45) is 3.10. The second-order valence-corrected chi connectivity index (χ2v) is 10.4. The minimum absolute atomic E-state index is 0.140. The van der Waals surface area contributed by atoms with Crippen LogP contribution >= 0.6 is 11.8 Å². The minimum Gasteiger partial charge on any atom is -0.468 e. The van der Waals surface area contributed by atoms with Gasteiger partial charge in [0.25, 0.3) is 5.69 Å². The van der Waals surface area contributed by atoms with Crippen molar-refractivity contribution in [3.05, 3.63) is 81.0 Å². The van der Waals surface area contributed by atoms with Crippen molar-refractivity contribution in [2.45, 2.75) is 50.3 Å². The van der Waals surface area contributed by atoms with E-state index in [4.69, 9.17) is 14.6 Å². The van der Waals surface area contributed by atoms with E-state index in [9.17, 15) is 19.7 Å². The molecule has 0 saturated carbocycles. The molecule has 1 aliphatic rings. The Morgan fingerprint density at radius 3 is 2.51 bits per heavy atom. The molecule has 2 unspecified atom stereocenters. The van der Waals surface area contributed by atoms with E-state index in [1.807, 2.05) is 0 Å². The largest absolute Gasteiger partial charge is 0.468 e. The zero-order valence-electron chi connectivity index (χ0n) is 22.4. The number of aliphatic imine (C=N–C) groups is 1. The highest BCUT2D eigenvalue weighted by Crippen LogP contribution is 2.41. The fraction of sp³-hybridized carbons (Fsp3) is 0.414. The van der Waals surface area contributed by atoms with Gasteiger partial charge in [-0.05, 0) is 68.5 Å². The van der Waals surface area contributed by atoms with Crippen LogP contribution in [0.2, 0.25) is 0 Å². The van der Waals surface area contributed by atoms with E-state index < -0.39 is 28.7 Å². The molecule has 9 nitrogen and oxygen atoms in total. The Kier molecular flexibility index (Phi) is 11.2. The predicted molar refractivity (Wildman–Crippen MR) is 150 cm³/mol. The van der Waals surface area contributed by atoms with E-state index in [1.165, 1.54) is 30.9 Å². The third-order valence-electron chi connectivity index (χ3n) is 6.53. The number of aliphatic hydroxyl groups is 1. The van der Waals surface area contributed by atoms with Crippen LogP contribution in [0.15, 0.2) is 69.7 Å². The number of esters is 2. The van der Waals surface area contributed by atoms with Crippen LogP contribution in [0.4, 0.5) is 5.69 Å². The maximum Gasteiger partial charge on any atom is 0.336 e. The third kappa shape index (κ3) is 8.00. The van der Waals surface area contributed by atoms with Crippen LogP contribution in [0.25, 0.3) is 0 Å². The van der Waals surface area contributed by atoms with Gasteiger partial charge < -0.3 is 14.6 Å². The van der Waals surface area contributed by atoms with Crippen molar-refractivity contribution in [1.82, 2.24) is 0 Å². The Balaban J connectivity index is 1.64. The van der Waals surface area contributed by atoms with Gasteiger partial charge in [-0.15, -0.1) is 11.8 Å². The van der Waals surface area contributed by atoms with Gasteiger partial charge in [0.15, 0.2) is 0 Å². The number of aliphatic hydroxyl groups excluding tert-OH is 1. The number of rotatable bonds is 13. The molecular weight excluding hydrogens is 520 g/mol. The number of non-ortho nitro benzene ring substituents is 1. The van der Waals surface area contributed by atoms with Crippen LogP contribution in [-0.2, 0) is 25.5 Å². The van der Waals surface area contributed by atoms with Gasteiger partial charge in [0, 0.05) is 41.0 Å². The average molecular weight is 555 g/mol. The molecule has 10 heteroatoms. The molecule has 1 N–H and O–H groups in total. The second-order valence-electron chi connectivity index (χ2n) is 9.25. The number of nitrogens with zero attached hydrogens (tertiary/aromatic N) is 2. The van der Waals surface area contributed by atoms with Crippen LogP contribution in [0.3, 0.4) is 0 Å². The van der Waals surface area contributed by atoms with Crippen LogP contribution in [0, 0.1) is 16.0 Å². The van der Waals surface area contributed by atoms with Crippen molar-refractivity contribution in [3.63, 3.8) is 0 Å². The number of unbranched alkanes of at least 4 members (excludes halogenated alkanes) is 1. The number of carbonyl (C=O) groups excluding carboxylic acids is 2. The molecular formula is C29H34N2O7S. The summed E-state index contributed by atoms with van der Waals surface area (Å²) in [6.45, 7) is 3.73. The number of thioether (sulfide) groups is 1. The topological polar surface area (TPSA) is 128 Å². The molecule has 0 aromatic heterocycles. The molecule has 0 aliphatic carbocycles. The molecule has 39 heavy (non-hydrogen) atoms. The fourth-order valence-electron chi connectivity index (χ4n) is 4.60. The molecule has 0 amide bonds. The Morgan fingerprint density at radius 1 is 1.10 bits per heavy atom. The van der Waals surface area contributed by atoms with Crippen LogP contribution < -0.4 is 0 Å². The number of hydrogen-bond donors (Lipinski definition) is 1. The van der Waals surface area contributed by atoms with E-state index in [0.29, 0.717) is 23.4 Å². The molecule has 0 radical (unpaired) electrons. The van der Waals surface area contributed by atoms with Gasteiger partial charge in [-0.2, -0.15) is 0 Å². The lowest BCUT2D eigenvalue weighted by Crippen LogP contribution is -2.36.